The normalized spacial score (nSPS) is 33.3. The minimum atomic E-state index is -0.250. The molecule has 5 nitrogen and oxygen atoms in total. The summed E-state index contributed by atoms with van der Waals surface area (Å²) < 4.78 is 5.14. The Labute approximate surface area is 134 Å². The van der Waals surface area contributed by atoms with Gasteiger partial charge < -0.3 is 9.51 Å². The molecule has 1 aromatic carbocycles. The zero-order valence-electron chi connectivity index (χ0n) is 13.2. The minimum Gasteiger partial charge on any atom is -0.356 e. The summed E-state index contributed by atoms with van der Waals surface area (Å²) in [7, 11) is 0. The summed E-state index contributed by atoms with van der Waals surface area (Å²) >= 11 is 0. The van der Waals surface area contributed by atoms with Crippen LogP contribution >= 0.6 is 0 Å². The van der Waals surface area contributed by atoms with Gasteiger partial charge in [-0.05, 0) is 55.3 Å². The average Bonchev–Trinajstić information content (AvgIpc) is 3.26. The lowest BCUT2D eigenvalue weighted by atomic mass is 9.64. The largest absolute Gasteiger partial charge is 0.356 e. The van der Waals surface area contributed by atoms with E-state index in [9.17, 15) is 0 Å². The molecule has 3 aliphatic heterocycles. The molecule has 1 N–H and O–H groups in total. The molecule has 2 bridgehead atoms. The van der Waals surface area contributed by atoms with E-state index in [-0.39, 0.29) is 5.54 Å². The number of fused-ring (bicyclic) bond motifs is 4. The quantitative estimate of drug-likeness (QED) is 0.790. The molecule has 0 spiro atoms. The number of hydrogen-bond donors (Lipinski definition) is 1. The van der Waals surface area contributed by atoms with Crippen LogP contribution in [-0.4, -0.2) is 33.3 Å². The second-order valence-corrected chi connectivity index (χ2v) is 6.94. The molecule has 2 unspecified atom stereocenters. The third-order valence-electron chi connectivity index (χ3n) is 6.10. The molecule has 0 amide bonds. The Morgan fingerprint density at radius 3 is 2.78 bits per heavy atom. The second-order valence-electron chi connectivity index (χ2n) is 6.94. The first-order valence-electron chi connectivity index (χ1n) is 8.41. The van der Waals surface area contributed by atoms with E-state index >= 15 is 0 Å². The highest BCUT2D eigenvalue weighted by molar-refractivity contribution is 5.80. The first kappa shape index (κ1) is 13.3. The van der Waals surface area contributed by atoms with Crippen LogP contribution in [0.3, 0.4) is 0 Å². The van der Waals surface area contributed by atoms with Gasteiger partial charge in [-0.3, -0.25) is 4.90 Å². The zero-order valence-corrected chi connectivity index (χ0v) is 13.2. The van der Waals surface area contributed by atoms with Crippen LogP contribution in [0, 0.1) is 11.8 Å². The van der Waals surface area contributed by atoms with Crippen LogP contribution in [0.25, 0.3) is 10.9 Å². The predicted octanol–water partition coefficient (Wildman–Crippen LogP) is 3.16. The number of para-hydroxylation sites is 1. The fourth-order valence-corrected chi connectivity index (χ4v) is 4.94. The number of hydrogen-bond acceptors (Lipinski definition) is 4. The summed E-state index contributed by atoms with van der Waals surface area (Å²) in [6, 6.07) is 10.7. The smallest absolute Gasteiger partial charge is 0.149 e. The topological polar surface area (TPSA) is 58.0 Å². The van der Waals surface area contributed by atoms with Crippen molar-refractivity contribution in [2.75, 3.05) is 13.1 Å². The van der Waals surface area contributed by atoms with E-state index in [0.717, 1.165) is 24.7 Å². The lowest BCUT2D eigenvalue weighted by molar-refractivity contribution is -0.0627. The fraction of sp³-hybridized carbons (Fsp3) is 0.444. The Kier molecular flexibility index (Phi) is 2.71. The number of H-pyrrole nitrogens is 1. The van der Waals surface area contributed by atoms with E-state index in [1.54, 1.807) is 6.26 Å². The van der Waals surface area contributed by atoms with Crippen molar-refractivity contribution >= 4 is 10.9 Å². The van der Waals surface area contributed by atoms with E-state index in [2.05, 4.69) is 57.5 Å². The molecular weight excluding hydrogens is 288 g/mol. The Hall–Kier alpha value is -2.14. The van der Waals surface area contributed by atoms with Crippen molar-refractivity contribution in [2.24, 2.45) is 11.8 Å². The number of nitrogens with one attached hydrogen (secondary N) is 1. The highest BCUT2D eigenvalue weighted by atomic mass is 16.5. The van der Waals surface area contributed by atoms with E-state index in [4.69, 9.17) is 4.52 Å². The van der Waals surface area contributed by atoms with Crippen molar-refractivity contribution in [3.8, 4) is 0 Å². The summed E-state index contributed by atoms with van der Waals surface area (Å²) in [5.41, 5.74) is 3.07. The molecule has 0 aliphatic carbocycles. The molecule has 2 atom stereocenters. The number of nitrogens with zero attached hydrogens (tertiary/aromatic N) is 3. The van der Waals surface area contributed by atoms with Crippen molar-refractivity contribution in [3.63, 3.8) is 0 Å². The summed E-state index contributed by atoms with van der Waals surface area (Å²) in [5.74, 6) is 1.20. The highest BCUT2D eigenvalue weighted by Crippen LogP contribution is 2.52. The predicted molar refractivity (Wildman–Crippen MR) is 86.8 cm³/mol. The molecule has 3 saturated heterocycles. The lowest BCUT2D eigenvalue weighted by Crippen LogP contribution is -2.62. The van der Waals surface area contributed by atoms with Crippen LogP contribution in [-0.2, 0) is 5.54 Å². The van der Waals surface area contributed by atoms with Crippen molar-refractivity contribution < 1.29 is 4.52 Å². The van der Waals surface area contributed by atoms with E-state index in [0.29, 0.717) is 5.92 Å². The van der Waals surface area contributed by atoms with Gasteiger partial charge in [0.25, 0.3) is 0 Å². The van der Waals surface area contributed by atoms with Gasteiger partial charge >= 0.3 is 0 Å². The number of aromatic nitrogens is 3. The SMILES string of the molecule is CC1C2CCN(CC2)C1(c1conn1)c1cc2ccccc2[nH]1. The molecule has 5 heteroatoms. The van der Waals surface area contributed by atoms with Crippen LogP contribution in [0.1, 0.15) is 31.2 Å². The maximum Gasteiger partial charge on any atom is 0.149 e. The van der Waals surface area contributed by atoms with Gasteiger partial charge in [-0.1, -0.05) is 25.1 Å². The number of benzene rings is 1. The molecular formula is C18H20N4O. The standard InChI is InChI=1S/C18H20N4O/c1-12-13-6-8-22(9-7-13)18(12,17-11-23-21-20-17)16-10-14-4-2-3-5-15(14)19-16/h2-5,10-13,19H,6-9H2,1H3. The number of rotatable bonds is 2. The molecule has 118 valence electrons. The molecule has 3 aliphatic rings. The van der Waals surface area contributed by atoms with Gasteiger partial charge in [0.2, 0.25) is 0 Å². The summed E-state index contributed by atoms with van der Waals surface area (Å²) in [5, 5.41) is 9.37. The Balaban J connectivity index is 1.78. The second kappa shape index (κ2) is 4.68. The van der Waals surface area contributed by atoms with Gasteiger partial charge in [0.1, 0.15) is 17.5 Å². The van der Waals surface area contributed by atoms with E-state index in [1.807, 2.05) is 0 Å². The van der Waals surface area contributed by atoms with Gasteiger partial charge in [0.15, 0.2) is 0 Å². The van der Waals surface area contributed by atoms with Crippen LogP contribution < -0.4 is 0 Å². The molecule has 0 saturated carbocycles. The highest BCUT2D eigenvalue weighted by Gasteiger charge is 2.56. The molecule has 6 rings (SSSR count). The van der Waals surface area contributed by atoms with Gasteiger partial charge in [-0.15, -0.1) is 5.10 Å². The first-order valence-corrected chi connectivity index (χ1v) is 8.41. The molecule has 0 radical (unpaired) electrons. The van der Waals surface area contributed by atoms with Gasteiger partial charge in [-0.25, -0.2) is 0 Å². The third kappa shape index (κ3) is 1.66. The molecule has 5 heterocycles. The van der Waals surface area contributed by atoms with Crippen LogP contribution in [0.15, 0.2) is 41.1 Å². The monoisotopic (exact) mass is 308 g/mol. The van der Waals surface area contributed by atoms with Crippen molar-refractivity contribution in [3.05, 3.63) is 48.0 Å². The molecule has 3 fully saturated rings. The lowest BCUT2D eigenvalue weighted by Gasteiger charge is -2.57. The van der Waals surface area contributed by atoms with Crippen LogP contribution in [0.4, 0.5) is 0 Å². The molecule has 3 aromatic rings. The van der Waals surface area contributed by atoms with Crippen LogP contribution in [0.5, 0.6) is 0 Å². The van der Waals surface area contributed by atoms with Gasteiger partial charge in [-0.2, -0.15) is 0 Å². The average molecular weight is 308 g/mol. The molecule has 23 heavy (non-hydrogen) atoms. The van der Waals surface area contributed by atoms with Crippen LogP contribution in [0.2, 0.25) is 0 Å². The zero-order chi connectivity index (χ0) is 15.4. The summed E-state index contributed by atoms with van der Waals surface area (Å²) in [4.78, 5) is 6.23. The maximum absolute atomic E-state index is 5.14. The summed E-state index contributed by atoms with van der Waals surface area (Å²) in [6.07, 6.45) is 4.27. The Morgan fingerprint density at radius 2 is 2.09 bits per heavy atom. The fourth-order valence-electron chi connectivity index (χ4n) is 4.94. The maximum atomic E-state index is 5.14. The Bertz CT molecular complexity index is 795. The van der Waals surface area contributed by atoms with E-state index in [1.165, 1.54) is 29.4 Å². The van der Waals surface area contributed by atoms with Crippen molar-refractivity contribution in [2.45, 2.75) is 25.3 Å². The van der Waals surface area contributed by atoms with Crippen molar-refractivity contribution in [1.29, 1.82) is 0 Å². The van der Waals surface area contributed by atoms with Gasteiger partial charge in [0.05, 0.1) is 0 Å². The minimum absolute atomic E-state index is 0.250. The first-order chi connectivity index (χ1) is 11.3. The summed E-state index contributed by atoms with van der Waals surface area (Å²) in [6.45, 7) is 4.57. The number of aromatic amines is 1. The number of piperidine rings is 3. The third-order valence-corrected chi connectivity index (χ3v) is 6.10. The van der Waals surface area contributed by atoms with Gasteiger partial charge in [0, 0.05) is 16.5 Å². The van der Waals surface area contributed by atoms with Crippen molar-refractivity contribution in [1.82, 2.24) is 20.3 Å². The molecule has 2 aromatic heterocycles. The Morgan fingerprint density at radius 1 is 1.26 bits per heavy atom. The van der Waals surface area contributed by atoms with E-state index < -0.39 is 0 Å².